The van der Waals surface area contributed by atoms with Gasteiger partial charge in [-0.2, -0.15) is 4.98 Å². The van der Waals surface area contributed by atoms with Crippen molar-refractivity contribution < 1.29 is 18.9 Å². The van der Waals surface area contributed by atoms with Crippen LogP contribution in [0.5, 0.6) is 17.4 Å². The van der Waals surface area contributed by atoms with Gasteiger partial charge >= 0.3 is 5.69 Å². The van der Waals surface area contributed by atoms with Gasteiger partial charge in [-0.3, -0.25) is 10.1 Å². The molecule has 0 aliphatic rings. The average molecular weight is 342 g/mol. The molecule has 128 valence electrons. The van der Waals surface area contributed by atoms with E-state index in [1.807, 2.05) is 0 Å². The minimum atomic E-state index is -0.512. The smallest absolute Gasteiger partial charge is 0.334 e. The van der Waals surface area contributed by atoms with Crippen LogP contribution in [0.1, 0.15) is 17.3 Å². The summed E-state index contributed by atoms with van der Waals surface area (Å²) in [4.78, 5) is 18.6. The lowest BCUT2D eigenvalue weighted by molar-refractivity contribution is -0.386. The van der Waals surface area contributed by atoms with Crippen molar-refractivity contribution >= 4 is 5.69 Å². The monoisotopic (exact) mass is 342 g/mol. The van der Waals surface area contributed by atoms with Gasteiger partial charge in [-0.15, -0.1) is 0 Å². The van der Waals surface area contributed by atoms with Gasteiger partial charge in [-0.1, -0.05) is 5.16 Å². The highest BCUT2D eigenvalue weighted by atomic mass is 16.6. The van der Waals surface area contributed by atoms with Crippen molar-refractivity contribution in [1.82, 2.24) is 15.1 Å². The predicted octanol–water partition coefficient (Wildman–Crippen LogP) is 3.36. The third-order valence-electron chi connectivity index (χ3n) is 3.25. The van der Waals surface area contributed by atoms with Gasteiger partial charge in [0.2, 0.25) is 0 Å². The second-order valence-electron chi connectivity index (χ2n) is 5.14. The van der Waals surface area contributed by atoms with Crippen molar-refractivity contribution in [2.45, 2.75) is 20.5 Å². The van der Waals surface area contributed by atoms with Crippen LogP contribution in [0.3, 0.4) is 0 Å². The zero-order valence-electron chi connectivity index (χ0n) is 13.5. The molecule has 3 aromatic rings. The summed E-state index contributed by atoms with van der Waals surface area (Å²) in [6, 6.07) is 8.14. The van der Waals surface area contributed by atoms with E-state index in [0.717, 1.165) is 0 Å². The summed E-state index contributed by atoms with van der Waals surface area (Å²) in [7, 11) is 0. The SMILES string of the molecule is Cc1noc(COc2ccc(Oc3nccc(C)c3[N+](=O)[O-])cc2)n1. The number of rotatable bonds is 6. The minimum absolute atomic E-state index is 0.0556. The first-order chi connectivity index (χ1) is 12.0. The minimum Gasteiger partial charge on any atom is -0.484 e. The van der Waals surface area contributed by atoms with Crippen molar-refractivity contribution in [2.24, 2.45) is 0 Å². The zero-order chi connectivity index (χ0) is 17.8. The van der Waals surface area contributed by atoms with Crippen LogP contribution >= 0.6 is 0 Å². The van der Waals surface area contributed by atoms with Gasteiger partial charge < -0.3 is 14.0 Å². The topological polar surface area (TPSA) is 113 Å². The van der Waals surface area contributed by atoms with Crippen LogP contribution in [-0.2, 0) is 6.61 Å². The number of benzene rings is 1. The Kier molecular flexibility index (Phi) is 4.55. The second kappa shape index (κ2) is 6.95. The Balaban J connectivity index is 1.69. The van der Waals surface area contributed by atoms with Crippen molar-refractivity contribution in [2.75, 3.05) is 0 Å². The lowest BCUT2D eigenvalue weighted by Gasteiger charge is -2.08. The summed E-state index contributed by atoms with van der Waals surface area (Å²) in [5, 5.41) is 14.8. The fraction of sp³-hybridized carbons (Fsp3) is 0.188. The van der Waals surface area contributed by atoms with Gasteiger partial charge in [0.25, 0.3) is 11.8 Å². The number of pyridine rings is 1. The van der Waals surface area contributed by atoms with Gasteiger partial charge in [-0.05, 0) is 44.2 Å². The predicted molar refractivity (Wildman–Crippen MR) is 85.5 cm³/mol. The third kappa shape index (κ3) is 3.89. The molecule has 0 saturated heterocycles. The summed E-state index contributed by atoms with van der Waals surface area (Å²) in [5.41, 5.74) is 0.319. The van der Waals surface area contributed by atoms with Crippen LogP contribution in [-0.4, -0.2) is 20.0 Å². The fourth-order valence-electron chi connectivity index (χ4n) is 2.08. The lowest BCUT2D eigenvalue weighted by atomic mass is 10.2. The van der Waals surface area contributed by atoms with Crippen LogP contribution in [0.15, 0.2) is 41.1 Å². The zero-order valence-corrected chi connectivity index (χ0v) is 13.5. The first kappa shape index (κ1) is 16.4. The van der Waals surface area contributed by atoms with E-state index < -0.39 is 4.92 Å². The lowest BCUT2D eigenvalue weighted by Crippen LogP contribution is -1.98. The summed E-state index contributed by atoms with van der Waals surface area (Å²) < 4.78 is 16.0. The molecule has 0 unspecified atom stereocenters. The summed E-state index contributed by atoms with van der Waals surface area (Å²) in [6.45, 7) is 3.49. The Morgan fingerprint density at radius 3 is 2.52 bits per heavy atom. The second-order valence-corrected chi connectivity index (χ2v) is 5.14. The van der Waals surface area contributed by atoms with E-state index >= 15 is 0 Å². The highest BCUT2D eigenvalue weighted by Gasteiger charge is 2.20. The van der Waals surface area contributed by atoms with E-state index in [1.54, 1.807) is 44.2 Å². The molecule has 9 nitrogen and oxygen atoms in total. The Labute approximate surface area is 142 Å². The molecule has 0 fully saturated rings. The van der Waals surface area contributed by atoms with Crippen LogP contribution in [0.4, 0.5) is 5.69 Å². The number of hydrogen-bond donors (Lipinski definition) is 0. The normalized spacial score (nSPS) is 10.5. The Bertz CT molecular complexity index is 892. The van der Waals surface area contributed by atoms with Gasteiger partial charge in [0, 0.05) is 11.8 Å². The van der Waals surface area contributed by atoms with E-state index in [0.29, 0.717) is 28.8 Å². The molecule has 2 aromatic heterocycles. The van der Waals surface area contributed by atoms with E-state index in [4.69, 9.17) is 14.0 Å². The van der Waals surface area contributed by atoms with E-state index in [9.17, 15) is 10.1 Å². The Morgan fingerprint density at radius 1 is 1.16 bits per heavy atom. The molecule has 0 atom stereocenters. The average Bonchev–Trinajstić information content (AvgIpc) is 2.99. The first-order valence-corrected chi connectivity index (χ1v) is 7.33. The van der Waals surface area contributed by atoms with E-state index in [1.165, 1.54) is 6.20 Å². The Hall–Kier alpha value is -3.49. The number of aryl methyl sites for hydroxylation is 2. The highest BCUT2D eigenvalue weighted by molar-refractivity contribution is 5.49. The molecule has 0 bridgehead atoms. The number of aromatic nitrogens is 3. The number of nitrogens with zero attached hydrogens (tertiary/aromatic N) is 4. The largest absolute Gasteiger partial charge is 0.484 e. The molecule has 3 rings (SSSR count). The molecule has 25 heavy (non-hydrogen) atoms. The molecular weight excluding hydrogens is 328 g/mol. The quantitative estimate of drug-likeness (QED) is 0.495. The molecule has 1 aromatic carbocycles. The number of nitro groups is 1. The van der Waals surface area contributed by atoms with Crippen molar-refractivity contribution in [1.29, 1.82) is 0 Å². The Morgan fingerprint density at radius 2 is 1.88 bits per heavy atom. The third-order valence-corrected chi connectivity index (χ3v) is 3.25. The van der Waals surface area contributed by atoms with Crippen molar-refractivity contribution in [3.8, 4) is 17.4 Å². The molecule has 0 amide bonds. The molecule has 9 heteroatoms. The standard InChI is InChI=1S/C16H14N4O5/c1-10-7-8-17-16(15(10)20(21)22)24-13-5-3-12(4-6-13)23-9-14-18-11(2)19-25-14/h3-8H,9H2,1-2H3. The van der Waals surface area contributed by atoms with Crippen LogP contribution < -0.4 is 9.47 Å². The molecule has 0 spiro atoms. The van der Waals surface area contributed by atoms with Gasteiger partial charge in [-0.25, -0.2) is 4.98 Å². The van der Waals surface area contributed by atoms with Gasteiger partial charge in [0.15, 0.2) is 12.4 Å². The molecule has 0 saturated carbocycles. The number of hydrogen-bond acceptors (Lipinski definition) is 8. The molecule has 0 aliphatic carbocycles. The van der Waals surface area contributed by atoms with Gasteiger partial charge in [0.05, 0.1) is 4.92 Å². The maximum Gasteiger partial charge on any atom is 0.334 e. The summed E-state index contributed by atoms with van der Waals surface area (Å²) in [6.07, 6.45) is 1.46. The van der Waals surface area contributed by atoms with Crippen molar-refractivity contribution in [3.05, 3.63) is 63.9 Å². The highest BCUT2D eigenvalue weighted by Crippen LogP contribution is 2.32. The van der Waals surface area contributed by atoms with E-state index in [-0.39, 0.29) is 18.2 Å². The molecule has 2 heterocycles. The maximum absolute atomic E-state index is 11.2. The van der Waals surface area contributed by atoms with Crippen molar-refractivity contribution in [3.63, 3.8) is 0 Å². The summed E-state index contributed by atoms with van der Waals surface area (Å²) in [5.74, 6) is 1.82. The molecule has 0 aliphatic heterocycles. The van der Waals surface area contributed by atoms with E-state index in [2.05, 4.69) is 15.1 Å². The maximum atomic E-state index is 11.2. The molecular formula is C16H14N4O5. The molecule has 0 N–H and O–H groups in total. The molecule has 0 radical (unpaired) electrons. The fourth-order valence-corrected chi connectivity index (χ4v) is 2.08. The van der Waals surface area contributed by atoms with Gasteiger partial charge in [0.1, 0.15) is 11.5 Å². The first-order valence-electron chi connectivity index (χ1n) is 7.33. The number of ether oxygens (including phenoxy) is 2. The van der Waals surface area contributed by atoms with Crippen LogP contribution in [0, 0.1) is 24.0 Å². The summed E-state index contributed by atoms with van der Waals surface area (Å²) >= 11 is 0. The van der Waals surface area contributed by atoms with Crippen LogP contribution in [0.25, 0.3) is 0 Å². The van der Waals surface area contributed by atoms with Crippen LogP contribution in [0.2, 0.25) is 0 Å².